The third kappa shape index (κ3) is 3.33. The average molecular weight is 353 g/mol. The SMILES string of the molecule is NC(=O)c1cccc2c1OCC(c1cncc(CNC(=O)C3CC3)c1)O2. The Balaban J connectivity index is 1.48. The molecular weight excluding hydrogens is 334 g/mol. The molecule has 0 saturated heterocycles. The van der Waals surface area contributed by atoms with Gasteiger partial charge in [-0.25, -0.2) is 0 Å². The number of pyridine rings is 1. The van der Waals surface area contributed by atoms with Crippen molar-refractivity contribution in [3.8, 4) is 11.5 Å². The Morgan fingerprint density at radius 3 is 2.88 bits per heavy atom. The second kappa shape index (κ2) is 6.67. The van der Waals surface area contributed by atoms with E-state index in [0.29, 0.717) is 23.6 Å². The van der Waals surface area contributed by atoms with Crippen LogP contribution >= 0.6 is 0 Å². The summed E-state index contributed by atoms with van der Waals surface area (Å²) in [6.07, 6.45) is 5.04. The van der Waals surface area contributed by atoms with Gasteiger partial charge in [-0.05, 0) is 36.6 Å². The first kappa shape index (κ1) is 16.4. The molecule has 1 aliphatic heterocycles. The molecule has 1 aromatic carbocycles. The summed E-state index contributed by atoms with van der Waals surface area (Å²) >= 11 is 0. The van der Waals surface area contributed by atoms with E-state index in [2.05, 4.69) is 10.3 Å². The number of nitrogens with one attached hydrogen (secondary N) is 1. The van der Waals surface area contributed by atoms with E-state index in [1.54, 1.807) is 30.6 Å². The van der Waals surface area contributed by atoms with Gasteiger partial charge in [0, 0.05) is 30.4 Å². The van der Waals surface area contributed by atoms with E-state index < -0.39 is 5.91 Å². The number of benzene rings is 1. The predicted octanol–water partition coefficient (Wildman–Crippen LogP) is 1.72. The van der Waals surface area contributed by atoms with Crippen LogP contribution in [0.2, 0.25) is 0 Å². The van der Waals surface area contributed by atoms with Crippen molar-refractivity contribution in [2.45, 2.75) is 25.5 Å². The van der Waals surface area contributed by atoms with E-state index in [1.807, 2.05) is 6.07 Å². The molecule has 4 rings (SSSR count). The smallest absolute Gasteiger partial charge is 0.252 e. The third-order valence-corrected chi connectivity index (χ3v) is 4.50. The summed E-state index contributed by atoms with van der Waals surface area (Å²) < 4.78 is 11.7. The van der Waals surface area contributed by atoms with Gasteiger partial charge in [-0.15, -0.1) is 0 Å². The van der Waals surface area contributed by atoms with Crippen molar-refractivity contribution >= 4 is 11.8 Å². The molecule has 1 fully saturated rings. The molecule has 2 amide bonds. The van der Waals surface area contributed by atoms with Crippen LogP contribution in [0.1, 0.15) is 40.4 Å². The summed E-state index contributed by atoms with van der Waals surface area (Å²) in [6.45, 7) is 0.684. The maximum absolute atomic E-state index is 11.8. The largest absolute Gasteiger partial charge is 0.485 e. The molecule has 0 spiro atoms. The fourth-order valence-corrected chi connectivity index (χ4v) is 2.92. The van der Waals surface area contributed by atoms with Gasteiger partial charge in [0.15, 0.2) is 17.6 Å². The molecule has 7 nitrogen and oxygen atoms in total. The first-order valence-electron chi connectivity index (χ1n) is 8.55. The average Bonchev–Trinajstić information content (AvgIpc) is 3.50. The second-order valence-corrected chi connectivity index (χ2v) is 6.53. The lowest BCUT2D eigenvalue weighted by molar-refractivity contribution is -0.122. The highest BCUT2D eigenvalue weighted by atomic mass is 16.6. The number of para-hydroxylation sites is 1. The molecule has 1 aliphatic carbocycles. The first-order valence-corrected chi connectivity index (χ1v) is 8.55. The molecule has 0 radical (unpaired) electrons. The molecule has 1 atom stereocenters. The summed E-state index contributed by atoms with van der Waals surface area (Å²) in [6, 6.07) is 6.99. The van der Waals surface area contributed by atoms with Crippen molar-refractivity contribution in [1.29, 1.82) is 0 Å². The van der Waals surface area contributed by atoms with Crippen molar-refractivity contribution in [2.24, 2.45) is 11.7 Å². The van der Waals surface area contributed by atoms with Crippen molar-refractivity contribution < 1.29 is 19.1 Å². The second-order valence-electron chi connectivity index (χ2n) is 6.53. The number of hydrogen-bond acceptors (Lipinski definition) is 5. The number of nitrogens with two attached hydrogens (primary N) is 1. The fraction of sp³-hybridized carbons (Fsp3) is 0.316. The minimum atomic E-state index is -0.557. The lowest BCUT2D eigenvalue weighted by Gasteiger charge is -2.27. The van der Waals surface area contributed by atoms with Crippen LogP contribution in [0.25, 0.3) is 0 Å². The van der Waals surface area contributed by atoms with Crippen LogP contribution in [0, 0.1) is 5.92 Å². The zero-order valence-corrected chi connectivity index (χ0v) is 14.1. The van der Waals surface area contributed by atoms with Crippen LogP contribution in [0.5, 0.6) is 11.5 Å². The van der Waals surface area contributed by atoms with Crippen molar-refractivity contribution in [3.63, 3.8) is 0 Å². The number of primary amides is 1. The Hall–Kier alpha value is -3.09. The van der Waals surface area contributed by atoms with E-state index in [9.17, 15) is 9.59 Å². The van der Waals surface area contributed by atoms with Gasteiger partial charge >= 0.3 is 0 Å². The van der Waals surface area contributed by atoms with Gasteiger partial charge in [0.2, 0.25) is 5.91 Å². The van der Waals surface area contributed by atoms with Crippen molar-refractivity contribution in [2.75, 3.05) is 6.61 Å². The predicted molar refractivity (Wildman–Crippen MR) is 92.6 cm³/mol. The van der Waals surface area contributed by atoms with Gasteiger partial charge in [0.05, 0.1) is 5.56 Å². The fourth-order valence-electron chi connectivity index (χ4n) is 2.92. The van der Waals surface area contributed by atoms with Crippen LogP contribution in [-0.4, -0.2) is 23.4 Å². The molecule has 26 heavy (non-hydrogen) atoms. The molecule has 3 N–H and O–H groups in total. The van der Waals surface area contributed by atoms with Crippen LogP contribution in [-0.2, 0) is 11.3 Å². The van der Waals surface area contributed by atoms with Gasteiger partial charge in [-0.2, -0.15) is 0 Å². The van der Waals surface area contributed by atoms with Gasteiger partial charge in [0.25, 0.3) is 5.91 Å². The number of hydrogen-bond donors (Lipinski definition) is 2. The standard InChI is InChI=1S/C19H19N3O4/c20-18(23)14-2-1-3-15-17(14)25-10-16(26-15)13-6-11(7-21-9-13)8-22-19(24)12-4-5-12/h1-3,6-7,9,12,16H,4-5,8,10H2,(H2,20,23)(H,22,24). The quantitative estimate of drug-likeness (QED) is 0.852. The molecule has 1 unspecified atom stereocenters. The molecule has 2 heterocycles. The Kier molecular flexibility index (Phi) is 4.20. The number of ether oxygens (including phenoxy) is 2. The van der Waals surface area contributed by atoms with Gasteiger partial charge in [-0.1, -0.05) is 6.07 Å². The summed E-state index contributed by atoms with van der Waals surface area (Å²) in [5.41, 5.74) is 7.41. The van der Waals surface area contributed by atoms with E-state index in [4.69, 9.17) is 15.2 Å². The number of nitrogens with zero attached hydrogens (tertiary/aromatic N) is 1. The van der Waals surface area contributed by atoms with Crippen LogP contribution < -0.4 is 20.5 Å². The topological polar surface area (TPSA) is 104 Å². The molecule has 2 aromatic rings. The zero-order valence-electron chi connectivity index (χ0n) is 14.1. The highest BCUT2D eigenvalue weighted by Crippen LogP contribution is 2.38. The molecule has 1 saturated carbocycles. The maximum atomic E-state index is 11.8. The van der Waals surface area contributed by atoms with E-state index >= 15 is 0 Å². The highest BCUT2D eigenvalue weighted by molar-refractivity contribution is 5.96. The Bertz CT molecular complexity index is 864. The lowest BCUT2D eigenvalue weighted by atomic mass is 10.1. The minimum absolute atomic E-state index is 0.0977. The van der Waals surface area contributed by atoms with Crippen molar-refractivity contribution in [1.82, 2.24) is 10.3 Å². The lowest BCUT2D eigenvalue weighted by Crippen LogP contribution is -2.25. The Morgan fingerprint density at radius 2 is 2.12 bits per heavy atom. The van der Waals surface area contributed by atoms with E-state index in [-0.39, 0.29) is 24.5 Å². The van der Waals surface area contributed by atoms with Gasteiger partial charge in [0.1, 0.15) is 6.61 Å². The molecule has 134 valence electrons. The zero-order chi connectivity index (χ0) is 18.1. The van der Waals surface area contributed by atoms with Gasteiger partial charge in [-0.3, -0.25) is 14.6 Å². The van der Waals surface area contributed by atoms with E-state index in [0.717, 1.165) is 24.0 Å². The highest BCUT2D eigenvalue weighted by Gasteiger charge is 2.29. The molecular formula is C19H19N3O4. The van der Waals surface area contributed by atoms with Crippen LogP contribution in [0.3, 0.4) is 0 Å². The monoisotopic (exact) mass is 353 g/mol. The third-order valence-electron chi connectivity index (χ3n) is 4.50. The molecule has 7 heteroatoms. The molecule has 0 bridgehead atoms. The summed E-state index contributed by atoms with van der Waals surface area (Å²) in [4.78, 5) is 27.5. The van der Waals surface area contributed by atoms with Crippen molar-refractivity contribution in [3.05, 3.63) is 53.3 Å². The summed E-state index contributed by atoms with van der Waals surface area (Å²) in [5.74, 6) is 0.568. The number of aromatic nitrogens is 1. The molecule has 2 aliphatic rings. The van der Waals surface area contributed by atoms with E-state index in [1.165, 1.54) is 0 Å². The summed E-state index contributed by atoms with van der Waals surface area (Å²) in [5, 5.41) is 2.92. The number of fused-ring (bicyclic) bond motifs is 1. The molecule has 1 aromatic heterocycles. The Morgan fingerprint density at radius 1 is 1.27 bits per heavy atom. The normalized spacial score (nSPS) is 18.2. The van der Waals surface area contributed by atoms with Crippen LogP contribution in [0.15, 0.2) is 36.7 Å². The first-order chi connectivity index (χ1) is 12.6. The number of rotatable bonds is 5. The van der Waals surface area contributed by atoms with Crippen LogP contribution in [0.4, 0.5) is 0 Å². The minimum Gasteiger partial charge on any atom is -0.485 e. The Labute approximate surface area is 150 Å². The number of carbonyl (C=O) groups excluding carboxylic acids is 2. The number of carbonyl (C=O) groups is 2. The number of amides is 2. The maximum Gasteiger partial charge on any atom is 0.252 e. The summed E-state index contributed by atoms with van der Waals surface area (Å²) in [7, 11) is 0. The van der Waals surface area contributed by atoms with Gasteiger partial charge < -0.3 is 20.5 Å².